The van der Waals surface area contributed by atoms with E-state index in [0.29, 0.717) is 32.7 Å². The summed E-state index contributed by atoms with van der Waals surface area (Å²) in [6.07, 6.45) is 9.45. The molecule has 1 unspecified atom stereocenters. The first-order valence-corrected chi connectivity index (χ1v) is 9.16. The van der Waals surface area contributed by atoms with Gasteiger partial charge in [-0.1, -0.05) is 0 Å². The smallest absolute Gasteiger partial charge is 0.230 e. The van der Waals surface area contributed by atoms with E-state index in [1.165, 1.54) is 0 Å². The number of aryl methyl sites for hydroxylation is 1. The van der Waals surface area contributed by atoms with E-state index < -0.39 is 0 Å². The molecule has 2 aliphatic heterocycles. The van der Waals surface area contributed by atoms with Crippen LogP contribution in [0.15, 0.2) is 18.7 Å². The van der Waals surface area contributed by atoms with Crippen LogP contribution in [0, 0.1) is 5.41 Å². The molecule has 7 heteroatoms. The summed E-state index contributed by atoms with van der Waals surface area (Å²) in [6, 6.07) is 0. The van der Waals surface area contributed by atoms with Crippen molar-refractivity contribution < 1.29 is 14.3 Å². The molecule has 7 nitrogen and oxygen atoms in total. The van der Waals surface area contributed by atoms with E-state index in [-0.39, 0.29) is 17.2 Å². The standard InChI is InChI=1S/C18H28N4O3/c1-25-13-12-21-9-3-5-18(17(21)24)6-10-22(14-18)16(23)4-2-8-20-11-7-19-15-20/h7,11,15H,2-6,8-10,12-14H2,1H3. The number of rotatable bonds is 7. The summed E-state index contributed by atoms with van der Waals surface area (Å²) in [5.74, 6) is 0.378. The van der Waals surface area contributed by atoms with E-state index >= 15 is 0 Å². The van der Waals surface area contributed by atoms with Crippen molar-refractivity contribution in [1.82, 2.24) is 19.4 Å². The molecule has 0 bridgehead atoms. The Morgan fingerprint density at radius 2 is 2.20 bits per heavy atom. The molecule has 2 fully saturated rings. The Morgan fingerprint density at radius 3 is 2.96 bits per heavy atom. The Labute approximate surface area is 148 Å². The van der Waals surface area contributed by atoms with Gasteiger partial charge in [0.15, 0.2) is 0 Å². The lowest BCUT2D eigenvalue weighted by Crippen LogP contribution is -2.51. The van der Waals surface area contributed by atoms with Crippen molar-refractivity contribution in [2.75, 3.05) is 39.9 Å². The number of aromatic nitrogens is 2. The topological polar surface area (TPSA) is 67.7 Å². The highest BCUT2D eigenvalue weighted by molar-refractivity contribution is 5.86. The molecule has 2 aliphatic rings. The van der Waals surface area contributed by atoms with E-state index in [1.54, 1.807) is 19.6 Å². The highest BCUT2D eigenvalue weighted by Crippen LogP contribution is 2.40. The van der Waals surface area contributed by atoms with E-state index in [4.69, 9.17) is 4.74 Å². The zero-order chi connectivity index (χ0) is 17.7. The van der Waals surface area contributed by atoms with Crippen molar-refractivity contribution in [3.05, 3.63) is 18.7 Å². The maximum atomic E-state index is 12.9. The van der Waals surface area contributed by atoms with Crippen molar-refractivity contribution in [2.45, 2.75) is 38.6 Å². The number of methoxy groups -OCH3 is 1. The van der Waals surface area contributed by atoms with Gasteiger partial charge in [-0.05, 0) is 25.7 Å². The number of amides is 2. The molecule has 25 heavy (non-hydrogen) atoms. The Hall–Kier alpha value is -1.89. The summed E-state index contributed by atoms with van der Waals surface area (Å²) in [5, 5.41) is 0. The largest absolute Gasteiger partial charge is 0.383 e. The third kappa shape index (κ3) is 4.03. The molecule has 0 aromatic carbocycles. The fourth-order valence-corrected chi connectivity index (χ4v) is 4.02. The molecule has 138 valence electrons. The molecular formula is C18H28N4O3. The fourth-order valence-electron chi connectivity index (χ4n) is 4.02. The minimum Gasteiger partial charge on any atom is -0.383 e. The summed E-state index contributed by atoms with van der Waals surface area (Å²) in [6.45, 7) is 4.11. The van der Waals surface area contributed by atoms with Gasteiger partial charge in [0, 0.05) is 58.6 Å². The third-order valence-electron chi connectivity index (χ3n) is 5.46. The highest BCUT2D eigenvalue weighted by atomic mass is 16.5. The van der Waals surface area contributed by atoms with Crippen LogP contribution < -0.4 is 0 Å². The van der Waals surface area contributed by atoms with Gasteiger partial charge in [0.1, 0.15) is 0 Å². The van der Waals surface area contributed by atoms with E-state index in [2.05, 4.69) is 4.98 Å². The van der Waals surface area contributed by atoms with Crippen molar-refractivity contribution in [2.24, 2.45) is 5.41 Å². The van der Waals surface area contributed by atoms with E-state index in [9.17, 15) is 9.59 Å². The molecule has 1 aromatic rings. The van der Waals surface area contributed by atoms with Gasteiger partial charge in [-0.3, -0.25) is 9.59 Å². The molecular weight excluding hydrogens is 320 g/mol. The van der Waals surface area contributed by atoms with Crippen LogP contribution in [-0.4, -0.2) is 71.1 Å². The van der Waals surface area contributed by atoms with Crippen molar-refractivity contribution in [3.8, 4) is 0 Å². The zero-order valence-corrected chi connectivity index (χ0v) is 15.0. The van der Waals surface area contributed by atoms with Gasteiger partial charge < -0.3 is 19.1 Å². The molecule has 0 aliphatic carbocycles. The van der Waals surface area contributed by atoms with Crippen LogP contribution >= 0.6 is 0 Å². The lowest BCUT2D eigenvalue weighted by Gasteiger charge is -2.39. The van der Waals surface area contributed by atoms with Gasteiger partial charge >= 0.3 is 0 Å². The molecule has 1 atom stereocenters. The second kappa shape index (κ2) is 7.99. The van der Waals surface area contributed by atoms with Crippen LogP contribution in [0.1, 0.15) is 32.1 Å². The molecule has 2 amide bonds. The summed E-state index contributed by atoms with van der Waals surface area (Å²) >= 11 is 0. The summed E-state index contributed by atoms with van der Waals surface area (Å²) in [4.78, 5) is 33.3. The lowest BCUT2D eigenvalue weighted by molar-refractivity contribution is -0.146. The summed E-state index contributed by atoms with van der Waals surface area (Å²) in [7, 11) is 1.66. The molecule has 3 rings (SSSR count). The predicted molar refractivity (Wildman–Crippen MR) is 92.8 cm³/mol. The molecule has 0 radical (unpaired) electrons. The van der Waals surface area contributed by atoms with Gasteiger partial charge in [-0.15, -0.1) is 0 Å². The van der Waals surface area contributed by atoms with Crippen LogP contribution in [0.5, 0.6) is 0 Å². The number of imidazole rings is 1. The fraction of sp³-hybridized carbons (Fsp3) is 0.722. The number of carbonyl (C=O) groups is 2. The van der Waals surface area contributed by atoms with Gasteiger partial charge in [0.2, 0.25) is 11.8 Å². The van der Waals surface area contributed by atoms with Crippen LogP contribution in [0.4, 0.5) is 0 Å². The lowest BCUT2D eigenvalue weighted by atomic mass is 9.78. The molecule has 0 saturated carbocycles. The number of ether oxygens (including phenoxy) is 1. The number of carbonyl (C=O) groups excluding carboxylic acids is 2. The van der Waals surface area contributed by atoms with Gasteiger partial charge in [-0.2, -0.15) is 0 Å². The summed E-state index contributed by atoms with van der Waals surface area (Å²) < 4.78 is 7.10. The zero-order valence-electron chi connectivity index (χ0n) is 15.0. The van der Waals surface area contributed by atoms with Crippen molar-refractivity contribution >= 4 is 11.8 Å². The van der Waals surface area contributed by atoms with E-state index in [0.717, 1.165) is 38.8 Å². The first-order chi connectivity index (χ1) is 12.1. The average Bonchev–Trinajstić information content (AvgIpc) is 3.27. The minimum atomic E-state index is -0.355. The molecule has 1 spiro atoms. The van der Waals surface area contributed by atoms with Crippen molar-refractivity contribution in [1.29, 1.82) is 0 Å². The SMILES string of the molecule is COCCN1CCCC2(CCN(C(=O)CCCn3ccnc3)C2)C1=O. The molecule has 2 saturated heterocycles. The van der Waals surface area contributed by atoms with Crippen LogP contribution in [-0.2, 0) is 20.9 Å². The van der Waals surface area contributed by atoms with Gasteiger partial charge in [-0.25, -0.2) is 4.98 Å². The Balaban J connectivity index is 1.51. The first-order valence-electron chi connectivity index (χ1n) is 9.16. The average molecular weight is 348 g/mol. The van der Waals surface area contributed by atoms with Crippen LogP contribution in [0.25, 0.3) is 0 Å². The van der Waals surface area contributed by atoms with Gasteiger partial charge in [0.25, 0.3) is 0 Å². The maximum absolute atomic E-state index is 12.9. The van der Waals surface area contributed by atoms with E-state index in [1.807, 2.05) is 20.6 Å². The molecule has 3 heterocycles. The Bertz CT molecular complexity index is 589. The molecule has 0 N–H and O–H groups in total. The second-order valence-corrected chi connectivity index (χ2v) is 7.14. The monoisotopic (exact) mass is 348 g/mol. The number of piperidine rings is 1. The normalized spacial score (nSPS) is 23.6. The Morgan fingerprint density at radius 1 is 1.32 bits per heavy atom. The number of hydrogen-bond donors (Lipinski definition) is 0. The quantitative estimate of drug-likeness (QED) is 0.741. The minimum absolute atomic E-state index is 0.166. The number of nitrogens with zero attached hydrogens (tertiary/aromatic N) is 4. The van der Waals surface area contributed by atoms with Crippen molar-refractivity contribution in [3.63, 3.8) is 0 Å². The summed E-state index contributed by atoms with van der Waals surface area (Å²) in [5.41, 5.74) is -0.355. The predicted octanol–water partition coefficient (Wildman–Crippen LogP) is 1.15. The number of hydrogen-bond acceptors (Lipinski definition) is 4. The Kier molecular flexibility index (Phi) is 5.73. The second-order valence-electron chi connectivity index (χ2n) is 7.14. The number of likely N-dealkylation sites (tertiary alicyclic amines) is 2. The van der Waals surface area contributed by atoms with Gasteiger partial charge in [0.05, 0.1) is 18.3 Å². The first kappa shape index (κ1) is 17.9. The maximum Gasteiger partial charge on any atom is 0.230 e. The van der Waals surface area contributed by atoms with Crippen LogP contribution in [0.2, 0.25) is 0 Å². The highest BCUT2D eigenvalue weighted by Gasteiger charge is 2.49. The third-order valence-corrected chi connectivity index (χ3v) is 5.46. The molecule has 1 aromatic heterocycles. The van der Waals surface area contributed by atoms with Crippen LogP contribution in [0.3, 0.4) is 0 Å².